The number of ether oxygens (including phenoxy) is 1. The number of benzene rings is 1. The Morgan fingerprint density at radius 3 is 2.41 bits per heavy atom. The third-order valence-electron chi connectivity index (χ3n) is 3.59. The molecule has 0 aromatic heterocycles. The van der Waals surface area contributed by atoms with E-state index in [1.54, 1.807) is 0 Å². The fourth-order valence-electron chi connectivity index (χ4n) is 2.61. The topological polar surface area (TPSA) is 31.3 Å². The van der Waals surface area contributed by atoms with Gasteiger partial charge in [0.05, 0.1) is 19.8 Å². The van der Waals surface area contributed by atoms with Crippen LogP contribution in [0, 0.1) is 0 Å². The first-order valence-corrected chi connectivity index (χ1v) is 8.28. The first-order valence-electron chi connectivity index (χ1n) is 7.49. The van der Waals surface area contributed by atoms with Gasteiger partial charge in [-0.3, -0.25) is 0 Å². The number of anilines is 1. The molecule has 0 atom stereocenters. The van der Waals surface area contributed by atoms with E-state index in [1.165, 1.54) is 11.3 Å². The van der Waals surface area contributed by atoms with E-state index in [-0.39, 0.29) is 0 Å². The fraction of sp³-hybridized carbons (Fsp3) is 0.562. The van der Waals surface area contributed by atoms with Crippen molar-refractivity contribution in [3.8, 4) is 0 Å². The van der Waals surface area contributed by atoms with Gasteiger partial charge in [0, 0.05) is 51.4 Å². The van der Waals surface area contributed by atoms with Crippen molar-refractivity contribution < 1.29 is 4.74 Å². The molecule has 0 aliphatic carbocycles. The Hall–Kier alpha value is -1.27. The summed E-state index contributed by atoms with van der Waals surface area (Å²) in [7, 11) is 8.07. The molecule has 22 heavy (non-hydrogen) atoms. The molecular weight excluding hydrogens is 344 g/mol. The third-order valence-corrected chi connectivity index (χ3v) is 4.08. The molecule has 2 rings (SSSR count). The minimum Gasteiger partial charge on any atom is -0.378 e. The maximum atomic E-state index is 5.46. The Morgan fingerprint density at radius 1 is 1.18 bits per heavy atom. The van der Waals surface area contributed by atoms with Crippen LogP contribution in [-0.2, 0) is 11.3 Å². The van der Waals surface area contributed by atoms with Crippen molar-refractivity contribution in [1.82, 2.24) is 9.80 Å². The first kappa shape index (κ1) is 17.1. The van der Waals surface area contributed by atoms with E-state index in [4.69, 9.17) is 9.73 Å². The molecule has 5 nitrogen and oxygen atoms in total. The molecule has 1 aliphatic heterocycles. The van der Waals surface area contributed by atoms with Gasteiger partial charge in [-0.2, -0.15) is 0 Å². The van der Waals surface area contributed by atoms with Gasteiger partial charge in [-0.1, -0.05) is 22.0 Å². The molecule has 0 saturated carbocycles. The van der Waals surface area contributed by atoms with Crippen LogP contribution in [0.3, 0.4) is 0 Å². The number of nitrogens with zero attached hydrogens (tertiary/aromatic N) is 4. The zero-order valence-electron chi connectivity index (χ0n) is 13.8. The maximum absolute atomic E-state index is 5.46. The molecule has 0 radical (unpaired) electrons. The van der Waals surface area contributed by atoms with Crippen molar-refractivity contribution in [3.63, 3.8) is 0 Å². The molecule has 0 bridgehead atoms. The Labute approximate surface area is 141 Å². The summed E-state index contributed by atoms with van der Waals surface area (Å²) in [4.78, 5) is 11.2. The molecule has 122 valence electrons. The van der Waals surface area contributed by atoms with Crippen molar-refractivity contribution >= 4 is 27.6 Å². The van der Waals surface area contributed by atoms with Gasteiger partial charge in [-0.25, -0.2) is 4.99 Å². The smallest absolute Gasteiger partial charge is 0.195 e. The highest BCUT2D eigenvalue weighted by atomic mass is 79.9. The minimum absolute atomic E-state index is 0.672. The molecule has 1 saturated heterocycles. The van der Waals surface area contributed by atoms with Crippen LogP contribution >= 0.6 is 15.9 Å². The highest BCUT2D eigenvalue weighted by Gasteiger charge is 2.15. The van der Waals surface area contributed by atoms with Crippen LogP contribution in [0.1, 0.15) is 5.56 Å². The Morgan fingerprint density at radius 2 is 1.82 bits per heavy atom. The summed E-state index contributed by atoms with van der Waals surface area (Å²) in [6.45, 7) is 4.11. The predicted molar refractivity (Wildman–Crippen MR) is 95.7 cm³/mol. The van der Waals surface area contributed by atoms with Gasteiger partial charge in [0.15, 0.2) is 5.96 Å². The molecule has 0 spiro atoms. The van der Waals surface area contributed by atoms with Gasteiger partial charge < -0.3 is 19.4 Å². The second-order valence-electron chi connectivity index (χ2n) is 5.78. The van der Waals surface area contributed by atoms with Crippen LogP contribution in [0.25, 0.3) is 0 Å². The molecule has 0 N–H and O–H groups in total. The molecule has 1 aliphatic rings. The molecule has 1 heterocycles. The lowest BCUT2D eigenvalue weighted by atomic mass is 10.1. The summed E-state index contributed by atoms with van der Waals surface area (Å²) in [6.07, 6.45) is 0. The standard InChI is InChI=1S/C16H25BrN4O/c1-19(2)16(20(3)4)18-12-13-5-6-14(17)11-15(13)21-7-9-22-10-8-21/h5-6,11H,7-10,12H2,1-4H3. The van der Waals surface area contributed by atoms with Crippen molar-refractivity contribution in [2.75, 3.05) is 59.4 Å². The quantitative estimate of drug-likeness (QED) is 0.604. The third kappa shape index (κ3) is 4.36. The number of aliphatic imine (C=N–C) groups is 1. The van der Waals surface area contributed by atoms with Crippen LogP contribution in [0.4, 0.5) is 5.69 Å². The van der Waals surface area contributed by atoms with Crippen molar-refractivity contribution in [2.45, 2.75) is 6.54 Å². The van der Waals surface area contributed by atoms with Crippen LogP contribution in [0.2, 0.25) is 0 Å². The fourth-order valence-corrected chi connectivity index (χ4v) is 2.96. The summed E-state index contributed by atoms with van der Waals surface area (Å²) in [5.74, 6) is 0.968. The van der Waals surface area contributed by atoms with E-state index in [9.17, 15) is 0 Å². The summed E-state index contributed by atoms with van der Waals surface area (Å²) < 4.78 is 6.56. The number of rotatable bonds is 3. The maximum Gasteiger partial charge on any atom is 0.195 e. The Bertz CT molecular complexity index is 515. The lowest BCUT2D eigenvalue weighted by Gasteiger charge is -2.31. The first-order chi connectivity index (χ1) is 10.5. The second-order valence-corrected chi connectivity index (χ2v) is 6.69. The van der Waals surface area contributed by atoms with Crippen molar-refractivity contribution in [1.29, 1.82) is 0 Å². The van der Waals surface area contributed by atoms with E-state index in [1.807, 2.05) is 38.0 Å². The van der Waals surface area contributed by atoms with E-state index in [0.717, 1.165) is 36.7 Å². The van der Waals surface area contributed by atoms with Gasteiger partial charge >= 0.3 is 0 Å². The molecule has 6 heteroatoms. The predicted octanol–water partition coefficient (Wildman–Crippen LogP) is 2.26. The van der Waals surface area contributed by atoms with Crippen LogP contribution in [-0.4, -0.2) is 70.3 Å². The number of hydrogen-bond donors (Lipinski definition) is 0. The summed E-state index contributed by atoms with van der Waals surface area (Å²) in [6, 6.07) is 6.42. The van der Waals surface area contributed by atoms with Gasteiger partial charge in [0.25, 0.3) is 0 Å². The van der Waals surface area contributed by atoms with Gasteiger partial charge in [0.2, 0.25) is 0 Å². The van der Waals surface area contributed by atoms with Crippen LogP contribution < -0.4 is 4.90 Å². The van der Waals surface area contributed by atoms with E-state index < -0.39 is 0 Å². The summed E-state index contributed by atoms with van der Waals surface area (Å²) in [5, 5.41) is 0. The lowest BCUT2D eigenvalue weighted by Crippen LogP contribution is -2.37. The van der Waals surface area contributed by atoms with Gasteiger partial charge in [0.1, 0.15) is 0 Å². The molecule has 1 fully saturated rings. The second kappa shape index (κ2) is 7.83. The van der Waals surface area contributed by atoms with Crippen molar-refractivity contribution in [3.05, 3.63) is 28.2 Å². The average molecular weight is 369 g/mol. The Balaban J connectivity index is 2.24. The van der Waals surface area contributed by atoms with Gasteiger partial charge in [-0.05, 0) is 17.7 Å². The van der Waals surface area contributed by atoms with E-state index in [0.29, 0.717) is 6.54 Å². The summed E-state index contributed by atoms with van der Waals surface area (Å²) >= 11 is 3.58. The number of hydrogen-bond acceptors (Lipinski definition) is 3. The Kier molecular flexibility index (Phi) is 6.08. The average Bonchev–Trinajstić information content (AvgIpc) is 2.49. The number of guanidine groups is 1. The molecular formula is C16H25BrN4O. The summed E-state index contributed by atoms with van der Waals surface area (Å²) in [5.41, 5.74) is 2.49. The SMILES string of the molecule is CN(C)C(=NCc1ccc(Br)cc1N1CCOCC1)N(C)C. The van der Waals surface area contributed by atoms with Crippen LogP contribution in [0.5, 0.6) is 0 Å². The zero-order valence-corrected chi connectivity index (χ0v) is 15.4. The van der Waals surface area contributed by atoms with Crippen molar-refractivity contribution in [2.24, 2.45) is 4.99 Å². The normalized spacial score (nSPS) is 14.7. The molecule has 1 aromatic carbocycles. The zero-order chi connectivity index (χ0) is 16.1. The lowest BCUT2D eigenvalue weighted by molar-refractivity contribution is 0.122. The monoisotopic (exact) mass is 368 g/mol. The number of halogens is 1. The minimum atomic E-state index is 0.672. The van der Waals surface area contributed by atoms with E-state index in [2.05, 4.69) is 39.0 Å². The molecule has 0 amide bonds. The van der Waals surface area contributed by atoms with Gasteiger partial charge in [-0.15, -0.1) is 0 Å². The highest BCUT2D eigenvalue weighted by Crippen LogP contribution is 2.26. The highest BCUT2D eigenvalue weighted by molar-refractivity contribution is 9.10. The number of morpholine rings is 1. The molecule has 0 unspecified atom stereocenters. The largest absolute Gasteiger partial charge is 0.378 e. The van der Waals surface area contributed by atoms with Crippen LogP contribution in [0.15, 0.2) is 27.7 Å². The van der Waals surface area contributed by atoms with E-state index >= 15 is 0 Å². The molecule has 1 aromatic rings.